The summed E-state index contributed by atoms with van der Waals surface area (Å²) in [6.45, 7) is 4.73. The SMILES string of the molecule is COc1ccc2c3ccnc(C(F)(F)F)c3n(CCCCN3CCOCC3)c2c1. The van der Waals surface area contributed by atoms with Crippen LogP contribution in [0.15, 0.2) is 30.5 Å². The number of morpholine rings is 1. The summed E-state index contributed by atoms with van der Waals surface area (Å²) >= 11 is 0. The van der Waals surface area contributed by atoms with Crippen LogP contribution < -0.4 is 4.74 Å². The molecule has 3 aromatic rings. The Bertz CT molecular complexity index is 994. The van der Waals surface area contributed by atoms with Crippen LogP contribution in [0.4, 0.5) is 13.2 Å². The van der Waals surface area contributed by atoms with Gasteiger partial charge >= 0.3 is 6.18 Å². The van der Waals surface area contributed by atoms with Gasteiger partial charge in [0.25, 0.3) is 0 Å². The minimum Gasteiger partial charge on any atom is -0.497 e. The second-order valence-electron chi connectivity index (χ2n) is 7.25. The van der Waals surface area contributed by atoms with Crippen molar-refractivity contribution in [2.24, 2.45) is 0 Å². The molecule has 0 bridgehead atoms. The summed E-state index contributed by atoms with van der Waals surface area (Å²) < 4.78 is 53.5. The third-order valence-electron chi connectivity index (χ3n) is 5.46. The lowest BCUT2D eigenvalue weighted by Gasteiger charge is -2.26. The lowest BCUT2D eigenvalue weighted by atomic mass is 10.1. The molecule has 4 rings (SSSR count). The zero-order chi connectivity index (χ0) is 20.4. The fourth-order valence-electron chi connectivity index (χ4n) is 4.02. The number of halogens is 3. The van der Waals surface area contributed by atoms with Gasteiger partial charge < -0.3 is 14.0 Å². The van der Waals surface area contributed by atoms with Crippen molar-refractivity contribution in [2.75, 3.05) is 40.0 Å². The van der Waals surface area contributed by atoms with E-state index in [0.717, 1.165) is 56.6 Å². The Balaban J connectivity index is 1.68. The van der Waals surface area contributed by atoms with Crippen molar-refractivity contribution >= 4 is 21.8 Å². The van der Waals surface area contributed by atoms with Crippen molar-refractivity contribution in [1.29, 1.82) is 0 Å². The number of methoxy groups -OCH3 is 1. The van der Waals surface area contributed by atoms with Gasteiger partial charge in [0, 0.05) is 42.7 Å². The van der Waals surface area contributed by atoms with E-state index in [1.165, 1.54) is 6.20 Å². The van der Waals surface area contributed by atoms with E-state index in [0.29, 0.717) is 17.7 Å². The quantitative estimate of drug-likeness (QED) is 0.571. The number of rotatable bonds is 6. The number of fused-ring (bicyclic) bond motifs is 3. The van der Waals surface area contributed by atoms with Gasteiger partial charge in [0.15, 0.2) is 5.69 Å². The van der Waals surface area contributed by atoms with Gasteiger partial charge in [-0.2, -0.15) is 13.2 Å². The average molecular weight is 407 g/mol. The van der Waals surface area contributed by atoms with Gasteiger partial charge in [0.1, 0.15) is 5.75 Å². The molecule has 0 amide bonds. The minimum atomic E-state index is -4.51. The van der Waals surface area contributed by atoms with Crippen LogP contribution in [0.3, 0.4) is 0 Å². The third-order valence-corrected chi connectivity index (χ3v) is 5.46. The molecule has 0 radical (unpaired) electrons. The maximum absolute atomic E-state index is 13.7. The number of hydrogen-bond donors (Lipinski definition) is 0. The number of pyridine rings is 1. The fraction of sp³-hybridized carbons (Fsp3) is 0.476. The first-order valence-corrected chi connectivity index (χ1v) is 9.81. The highest BCUT2D eigenvalue weighted by Gasteiger charge is 2.36. The molecule has 5 nitrogen and oxygen atoms in total. The first kappa shape index (κ1) is 20.0. The van der Waals surface area contributed by atoms with E-state index in [1.807, 2.05) is 6.07 Å². The Labute approximate surface area is 167 Å². The van der Waals surface area contributed by atoms with E-state index in [9.17, 15) is 13.2 Å². The zero-order valence-electron chi connectivity index (χ0n) is 16.3. The lowest BCUT2D eigenvalue weighted by molar-refractivity contribution is -0.140. The van der Waals surface area contributed by atoms with E-state index in [-0.39, 0.29) is 5.52 Å². The van der Waals surface area contributed by atoms with Gasteiger partial charge in [-0.05, 0) is 37.6 Å². The molecule has 29 heavy (non-hydrogen) atoms. The van der Waals surface area contributed by atoms with Gasteiger partial charge in [-0.15, -0.1) is 0 Å². The van der Waals surface area contributed by atoms with Crippen molar-refractivity contribution < 1.29 is 22.6 Å². The van der Waals surface area contributed by atoms with E-state index in [2.05, 4.69) is 9.88 Å². The van der Waals surface area contributed by atoms with Gasteiger partial charge in [0.05, 0.1) is 31.4 Å². The van der Waals surface area contributed by atoms with Crippen LogP contribution in [-0.2, 0) is 17.5 Å². The smallest absolute Gasteiger partial charge is 0.435 e. The molecular weight excluding hydrogens is 383 g/mol. The van der Waals surface area contributed by atoms with Crippen LogP contribution in [0.5, 0.6) is 5.75 Å². The molecule has 1 saturated heterocycles. The predicted molar refractivity (Wildman–Crippen MR) is 105 cm³/mol. The second kappa shape index (κ2) is 8.20. The number of aryl methyl sites for hydroxylation is 1. The number of ether oxygens (including phenoxy) is 2. The van der Waals surface area contributed by atoms with Crippen molar-refractivity contribution in [1.82, 2.24) is 14.5 Å². The third kappa shape index (κ3) is 4.04. The normalized spacial score (nSPS) is 16.0. The van der Waals surface area contributed by atoms with Gasteiger partial charge in [0.2, 0.25) is 0 Å². The van der Waals surface area contributed by atoms with Crippen LogP contribution in [0.25, 0.3) is 21.8 Å². The number of unbranched alkanes of at least 4 members (excludes halogenated alkanes) is 1. The van der Waals surface area contributed by atoms with E-state index < -0.39 is 11.9 Å². The standard InChI is InChI=1S/C21H24F3N3O2/c1-28-15-4-5-16-17-6-7-25-20(21(22,23)24)19(17)27(18(16)14-15)9-3-2-8-26-10-12-29-13-11-26/h4-7,14H,2-3,8-13H2,1H3. The molecule has 3 heterocycles. The summed E-state index contributed by atoms with van der Waals surface area (Å²) in [7, 11) is 1.55. The molecule has 8 heteroatoms. The first-order chi connectivity index (χ1) is 14.0. The summed E-state index contributed by atoms with van der Waals surface area (Å²) in [5, 5.41) is 1.35. The lowest BCUT2D eigenvalue weighted by Crippen LogP contribution is -2.36. The Morgan fingerprint density at radius 3 is 2.55 bits per heavy atom. The molecule has 0 atom stereocenters. The fourth-order valence-corrected chi connectivity index (χ4v) is 4.02. The molecule has 1 aliphatic heterocycles. The van der Waals surface area contributed by atoms with Gasteiger partial charge in [-0.25, -0.2) is 4.98 Å². The zero-order valence-corrected chi connectivity index (χ0v) is 16.3. The highest BCUT2D eigenvalue weighted by molar-refractivity contribution is 6.09. The number of hydrogen-bond acceptors (Lipinski definition) is 4. The van der Waals surface area contributed by atoms with Gasteiger partial charge in [-0.3, -0.25) is 4.90 Å². The summed E-state index contributed by atoms with van der Waals surface area (Å²) in [6, 6.07) is 7.06. The van der Waals surface area contributed by atoms with Crippen LogP contribution in [0, 0.1) is 0 Å². The monoisotopic (exact) mass is 407 g/mol. The summed E-state index contributed by atoms with van der Waals surface area (Å²) in [5.41, 5.74) is 0.0530. The molecule has 1 fully saturated rings. The predicted octanol–water partition coefficient (Wildman–Crippen LogP) is 4.33. The maximum atomic E-state index is 13.7. The number of benzene rings is 1. The topological polar surface area (TPSA) is 39.5 Å². The Hall–Kier alpha value is -2.32. The largest absolute Gasteiger partial charge is 0.497 e. The maximum Gasteiger partial charge on any atom is 0.435 e. The summed E-state index contributed by atoms with van der Waals surface area (Å²) in [5.74, 6) is 0.622. The molecule has 0 N–H and O–H groups in total. The molecule has 0 spiro atoms. The van der Waals surface area contributed by atoms with Crippen molar-refractivity contribution in [3.05, 3.63) is 36.2 Å². The molecule has 0 saturated carbocycles. The van der Waals surface area contributed by atoms with Crippen LogP contribution in [-0.4, -0.2) is 54.4 Å². The van der Waals surface area contributed by atoms with E-state index in [4.69, 9.17) is 9.47 Å². The average Bonchev–Trinajstić information content (AvgIpc) is 3.04. The van der Waals surface area contributed by atoms with E-state index >= 15 is 0 Å². The molecule has 0 aliphatic carbocycles. The second-order valence-corrected chi connectivity index (χ2v) is 7.25. The van der Waals surface area contributed by atoms with Crippen molar-refractivity contribution in [2.45, 2.75) is 25.6 Å². The van der Waals surface area contributed by atoms with Crippen molar-refractivity contribution in [3.63, 3.8) is 0 Å². The molecule has 1 aliphatic rings. The minimum absolute atomic E-state index is 0.148. The van der Waals surface area contributed by atoms with E-state index in [1.54, 1.807) is 29.9 Å². The highest BCUT2D eigenvalue weighted by Crippen LogP contribution is 2.38. The highest BCUT2D eigenvalue weighted by atomic mass is 19.4. The van der Waals surface area contributed by atoms with Gasteiger partial charge in [-0.1, -0.05) is 0 Å². The number of aromatic nitrogens is 2. The van der Waals surface area contributed by atoms with Crippen molar-refractivity contribution in [3.8, 4) is 5.75 Å². The first-order valence-electron chi connectivity index (χ1n) is 9.81. The Kier molecular flexibility index (Phi) is 5.65. The molecule has 156 valence electrons. The number of alkyl halides is 3. The van der Waals surface area contributed by atoms with Crippen LogP contribution >= 0.6 is 0 Å². The van der Waals surface area contributed by atoms with Crippen LogP contribution in [0.2, 0.25) is 0 Å². The number of nitrogens with zero attached hydrogens (tertiary/aromatic N) is 3. The molecule has 0 unspecified atom stereocenters. The molecular formula is C21H24F3N3O2. The summed E-state index contributed by atoms with van der Waals surface area (Å²) in [6.07, 6.45) is -1.59. The molecule has 1 aromatic carbocycles. The Morgan fingerprint density at radius 1 is 1.07 bits per heavy atom. The molecule has 2 aromatic heterocycles. The Morgan fingerprint density at radius 2 is 1.83 bits per heavy atom. The van der Waals surface area contributed by atoms with Crippen LogP contribution in [0.1, 0.15) is 18.5 Å². The summed E-state index contributed by atoms with van der Waals surface area (Å²) in [4.78, 5) is 6.01.